The van der Waals surface area contributed by atoms with Crippen molar-refractivity contribution in [3.8, 4) is 11.5 Å². The number of nitrogens with zero attached hydrogens (tertiary/aromatic N) is 1. The summed E-state index contributed by atoms with van der Waals surface area (Å²) in [7, 11) is 0. The molecule has 0 saturated carbocycles. The molecule has 0 aliphatic rings. The van der Waals surface area contributed by atoms with Gasteiger partial charge in [-0.3, -0.25) is 15.5 Å². The maximum atomic E-state index is 10.5. The van der Waals surface area contributed by atoms with Crippen LogP contribution in [0.2, 0.25) is 0 Å². The van der Waals surface area contributed by atoms with E-state index in [1.165, 1.54) is 24.3 Å². The summed E-state index contributed by atoms with van der Waals surface area (Å²) in [6.45, 7) is 0. The molecule has 2 aromatic rings. The van der Waals surface area contributed by atoms with Gasteiger partial charge in [-0.1, -0.05) is 0 Å². The number of hydrogen-bond donors (Lipinski definition) is 2. The molecule has 0 spiro atoms. The van der Waals surface area contributed by atoms with Crippen LogP contribution in [0.1, 0.15) is 5.56 Å². The van der Waals surface area contributed by atoms with E-state index >= 15 is 0 Å². The maximum absolute atomic E-state index is 10.5. The van der Waals surface area contributed by atoms with Crippen LogP contribution < -0.4 is 10.5 Å². The molecule has 20 heavy (non-hydrogen) atoms. The summed E-state index contributed by atoms with van der Waals surface area (Å²) in [4.78, 5) is 10.0. The largest absolute Gasteiger partial charge is 0.457 e. The average molecular weight is 294 g/mol. The summed E-state index contributed by atoms with van der Waals surface area (Å²) >= 11 is 0. The first-order chi connectivity index (χ1) is 9.06. The zero-order valence-corrected chi connectivity index (χ0v) is 11.1. The first-order valence-electron chi connectivity index (χ1n) is 5.43. The molecule has 0 unspecified atom stereocenters. The fourth-order valence-electron chi connectivity index (χ4n) is 1.47. The van der Waals surface area contributed by atoms with Crippen LogP contribution in [0.15, 0.2) is 48.5 Å². The van der Waals surface area contributed by atoms with Gasteiger partial charge >= 0.3 is 0 Å². The molecule has 104 valence electrons. The van der Waals surface area contributed by atoms with Gasteiger partial charge in [0.25, 0.3) is 5.69 Å². The van der Waals surface area contributed by atoms with Gasteiger partial charge in [-0.15, -0.1) is 12.4 Å². The van der Waals surface area contributed by atoms with E-state index in [9.17, 15) is 10.1 Å². The van der Waals surface area contributed by atoms with E-state index < -0.39 is 4.92 Å². The molecule has 0 aliphatic carbocycles. The Kier molecular flexibility index (Phi) is 5.05. The Balaban J connectivity index is 0.00000200. The molecule has 6 nitrogen and oxygen atoms in total. The molecule has 0 saturated heterocycles. The molecule has 0 aliphatic heterocycles. The van der Waals surface area contributed by atoms with Crippen molar-refractivity contribution in [2.24, 2.45) is 5.73 Å². The number of nitrogens with one attached hydrogen (secondary N) is 1. The van der Waals surface area contributed by atoms with Crippen molar-refractivity contribution in [1.29, 1.82) is 5.41 Å². The third kappa shape index (κ3) is 3.69. The molecule has 0 atom stereocenters. The highest BCUT2D eigenvalue weighted by Gasteiger charge is 2.05. The smallest absolute Gasteiger partial charge is 0.269 e. The second kappa shape index (κ2) is 6.53. The van der Waals surface area contributed by atoms with Crippen molar-refractivity contribution in [2.45, 2.75) is 0 Å². The van der Waals surface area contributed by atoms with Gasteiger partial charge in [0.15, 0.2) is 0 Å². The molecule has 0 bridgehead atoms. The molecule has 0 heterocycles. The summed E-state index contributed by atoms with van der Waals surface area (Å²) in [6, 6.07) is 12.5. The number of rotatable bonds is 4. The quantitative estimate of drug-likeness (QED) is 0.391. The van der Waals surface area contributed by atoms with Crippen LogP contribution in [0.5, 0.6) is 11.5 Å². The van der Waals surface area contributed by atoms with Crippen LogP contribution in [0.4, 0.5) is 5.69 Å². The van der Waals surface area contributed by atoms with Crippen molar-refractivity contribution in [1.82, 2.24) is 0 Å². The molecular weight excluding hydrogens is 282 g/mol. The van der Waals surface area contributed by atoms with E-state index in [2.05, 4.69) is 0 Å². The van der Waals surface area contributed by atoms with Crippen LogP contribution in [-0.4, -0.2) is 10.8 Å². The predicted molar refractivity (Wildman–Crippen MR) is 77.9 cm³/mol. The van der Waals surface area contributed by atoms with Gasteiger partial charge < -0.3 is 10.5 Å². The third-order valence-corrected chi connectivity index (χ3v) is 2.45. The van der Waals surface area contributed by atoms with Gasteiger partial charge in [0.2, 0.25) is 0 Å². The second-order valence-corrected chi connectivity index (χ2v) is 3.79. The second-order valence-electron chi connectivity index (χ2n) is 3.79. The third-order valence-electron chi connectivity index (χ3n) is 2.45. The van der Waals surface area contributed by atoms with Crippen LogP contribution in [0.25, 0.3) is 0 Å². The number of amidine groups is 1. The van der Waals surface area contributed by atoms with Gasteiger partial charge in [-0.2, -0.15) is 0 Å². The average Bonchev–Trinajstić information content (AvgIpc) is 2.40. The fourth-order valence-corrected chi connectivity index (χ4v) is 1.47. The molecule has 0 radical (unpaired) electrons. The lowest BCUT2D eigenvalue weighted by Gasteiger charge is -2.06. The number of ether oxygens (including phenoxy) is 1. The Morgan fingerprint density at radius 1 is 1.05 bits per heavy atom. The van der Waals surface area contributed by atoms with Gasteiger partial charge in [0, 0.05) is 17.7 Å². The fraction of sp³-hybridized carbons (Fsp3) is 0. The van der Waals surface area contributed by atoms with Crippen molar-refractivity contribution in [2.75, 3.05) is 0 Å². The predicted octanol–water partition coefficient (Wildman–Crippen LogP) is 3.09. The van der Waals surface area contributed by atoms with Gasteiger partial charge in [0.05, 0.1) is 4.92 Å². The molecule has 3 N–H and O–H groups in total. The number of benzene rings is 2. The topological polar surface area (TPSA) is 102 Å². The first-order valence-corrected chi connectivity index (χ1v) is 5.43. The molecular formula is C13H12ClN3O3. The number of nitrogens with two attached hydrogens (primary N) is 1. The van der Waals surface area contributed by atoms with E-state index in [-0.39, 0.29) is 23.9 Å². The summed E-state index contributed by atoms with van der Waals surface area (Å²) < 4.78 is 5.51. The highest BCUT2D eigenvalue weighted by molar-refractivity contribution is 5.94. The number of nitrogen functional groups attached to an aromatic ring is 1. The van der Waals surface area contributed by atoms with Crippen molar-refractivity contribution in [3.05, 3.63) is 64.2 Å². The lowest BCUT2D eigenvalue weighted by Crippen LogP contribution is -2.10. The minimum atomic E-state index is -0.467. The Labute approximate surface area is 121 Å². The number of non-ortho nitro benzene ring substituents is 1. The summed E-state index contributed by atoms with van der Waals surface area (Å²) in [5.41, 5.74) is 5.96. The first kappa shape index (κ1) is 15.5. The highest BCUT2D eigenvalue weighted by Crippen LogP contribution is 2.23. The van der Waals surface area contributed by atoms with Crippen molar-refractivity contribution in [3.63, 3.8) is 0 Å². The van der Waals surface area contributed by atoms with Crippen molar-refractivity contribution >= 4 is 23.9 Å². The van der Waals surface area contributed by atoms with Gasteiger partial charge in [-0.05, 0) is 36.4 Å². The normalized spacial score (nSPS) is 9.40. The molecule has 0 amide bonds. The number of nitro benzene ring substituents is 1. The Morgan fingerprint density at radius 3 is 1.90 bits per heavy atom. The minimum absolute atomic E-state index is 0. The lowest BCUT2D eigenvalue weighted by molar-refractivity contribution is -0.384. The summed E-state index contributed by atoms with van der Waals surface area (Å²) in [5, 5.41) is 17.8. The Hall–Kier alpha value is -2.60. The van der Waals surface area contributed by atoms with E-state index in [1.54, 1.807) is 24.3 Å². The lowest BCUT2D eigenvalue weighted by atomic mass is 10.2. The number of hydrogen-bond acceptors (Lipinski definition) is 4. The number of halogens is 1. The zero-order valence-electron chi connectivity index (χ0n) is 10.3. The van der Waals surface area contributed by atoms with Crippen LogP contribution >= 0.6 is 12.4 Å². The monoisotopic (exact) mass is 293 g/mol. The van der Waals surface area contributed by atoms with Crippen LogP contribution in [0.3, 0.4) is 0 Å². The molecule has 0 aromatic heterocycles. The van der Waals surface area contributed by atoms with Gasteiger partial charge in [0.1, 0.15) is 17.3 Å². The SMILES string of the molecule is Cl.N=C(N)c1ccc(Oc2ccc([N+](=O)[O-])cc2)cc1. The Morgan fingerprint density at radius 2 is 1.50 bits per heavy atom. The van der Waals surface area contributed by atoms with E-state index in [4.69, 9.17) is 15.9 Å². The molecule has 2 rings (SSSR count). The summed E-state index contributed by atoms with van der Waals surface area (Å²) in [6.07, 6.45) is 0. The number of nitro groups is 1. The zero-order chi connectivity index (χ0) is 13.8. The maximum Gasteiger partial charge on any atom is 0.269 e. The molecule has 0 fully saturated rings. The van der Waals surface area contributed by atoms with E-state index in [0.717, 1.165) is 0 Å². The van der Waals surface area contributed by atoms with E-state index in [1.807, 2.05) is 0 Å². The Bertz CT molecular complexity index is 556. The van der Waals surface area contributed by atoms with Crippen LogP contribution in [0, 0.1) is 15.5 Å². The van der Waals surface area contributed by atoms with Crippen LogP contribution in [-0.2, 0) is 0 Å². The minimum Gasteiger partial charge on any atom is -0.457 e. The molecule has 2 aromatic carbocycles. The standard InChI is InChI=1S/C13H11N3O3.ClH/c14-13(15)9-1-5-11(6-2-9)19-12-7-3-10(4-8-12)16(17)18;/h1-8H,(H3,14,15);1H. The molecule has 7 heteroatoms. The van der Waals surface area contributed by atoms with Gasteiger partial charge in [-0.25, -0.2) is 0 Å². The van der Waals surface area contributed by atoms with E-state index in [0.29, 0.717) is 17.1 Å². The highest BCUT2D eigenvalue weighted by atomic mass is 35.5. The summed E-state index contributed by atoms with van der Waals surface area (Å²) in [5.74, 6) is 1.06. The van der Waals surface area contributed by atoms with Crippen molar-refractivity contribution < 1.29 is 9.66 Å².